The van der Waals surface area contributed by atoms with Gasteiger partial charge in [-0.2, -0.15) is 0 Å². The zero-order valence-electron chi connectivity index (χ0n) is 17.1. The summed E-state index contributed by atoms with van der Waals surface area (Å²) in [6.07, 6.45) is 1.46. The van der Waals surface area contributed by atoms with Gasteiger partial charge in [0.15, 0.2) is 0 Å². The minimum Gasteiger partial charge on any atom is -0.459 e. The molecule has 3 heterocycles. The second-order valence-corrected chi connectivity index (χ2v) is 8.64. The number of carbonyl (C=O) groups excluding carboxylic acids is 1. The van der Waals surface area contributed by atoms with E-state index in [4.69, 9.17) is 4.74 Å². The molecule has 3 aromatic rings. The van der Waals surface area contributed by atoms with Crippen molar-refractivity contribution in [3.05, 3.63) is 52.7 Å². The Kier molecular flexibility index (Phi) is 5.78. The van der Waals surface area contributed by atoms with Crippen molar-refractivity contribution in [3.63, 3.8) is 0 Å². The number of hydrogen-bond acceptors (Lipinski definition) is 7. The van der Waals surface area contributed by atoms with Crippen LogP contribution in [0, 0.1) is 6.92 Å². The number of fused-ring (bicyclic) bond motifs is 1. The third-order valence-electron chi connectivity index (χ3n) is 5.16. The predicted octanol–water partition coefficient (Wildman–Crippen LogP) is 3.89. The molecule has 0 spiro atoms. The van der Waals surface area contributed by atoms with Crippen LogP contribution in [-0.2, 0) is 11.3 Å². The Hall–Kier alpha value is -2.51. The summed E-state index contributed by atoms with van der Waals surface area (Å²) >= 11 is 1.39. The van der Waals surface area contributed by atoms with E-state index in [2.05, 4.69) is 50.1 Å². The smallest absolute Gasteiger partial charge is 0.348 e. The topological polar surface area (TPSA) is 58.6 Å². The number of piperazine rings is 1. The van der Waals surface area contributed by atoms with Crippen molar-refractivity contribution < 1.29 is 9.53 Å². The van der Waals surface area contributed by atoms with E-state index in [0.29, 0.717) is 4.88 Å². The predicted molar refractivity (Wildman–Crippen MR) is 117 cm³/mol. The quantitative estimate of drug-likeness (QED) is 0.595. The molecule has 29 heavy (non-hydrogen) atoms. The Labute approximate surface area is 175 Å². The third-order valence-corrected chi connectivity index (χ3v) is 6.34. The van der Waals surface area contributed by atoms with Crippen LogP contribution in [0.1, 0.15) is 34.6 Å². The summed E-state index contributed by atoms with van der Waals surface area (Å²) < 4.78 is 5.41. The minimum atomic E-state index is -0.279. The van der Waals surface area contributed by atoms with E-state index in [1.54, 1.807) is 6.33 Å². The van der Waals surface area contributed by atoms with Crippen LogP contribution in [0.25, 0.3) is 10.2 Å². The molecule has 0 unspecified atom stereocenters. The van der Waals surface area contributed by atoms with Gasteiger partial charge in [0, 0.05) is 32.7 Å². The molecule has 0 atom stereocenters. The van der Waals surface area contributed by atoms with Gasteiger partial charge in [-0.05, 0) is 31.9 Å². The maximum atomic E-state index is 12.5. The lowest BCUT2D eigenvalue weighted by Crippen LogP contribution is -2.46. The normalized spacial score (nSPS) is 15.2. The molecule has 6 nitrogen and oxygen atoms in total. The average Bonchev–Trinajstić information content (AvgIpc) is 3.06. The first kappa shape index (κ1) is 19.8. The van der Waals surface area contributed by atoms with E-state index in [1.807, 2.05) is 20.8 Å². The van der Waals surface area contributed by atoms with E-state index >= 15 is 0 Å². The van der Waals surface area contributed by atoms with Crippen molar-refractivity contribution in [3.8, 4) is 0 Å². The summed E-state index contributed by atoms with van der Waals surface area (Å²) in [5.41, 5.74) is 2.25. The van der Waals surface area contributed by atoms with Crippen LogP contribution in [-0.4, -0.2) is 53.1 Å². The van der Waals surface area contributed by atoms with Crippen molar-refractivity contribution in [2.24, 2.45) is 0 Å². The van der Waals surface area contributed by atoms with Crippen LogP contribution in [0.15, 0.2) is 36.7 Å². The fraction of sp³-hybridized carbons (Fsp3) is 0.409. The van der Waals surface area contributed by atoms with Crippen LogP contribution < -0.4 is 4.90 Å². The average molecular weight is 411 g/mol. The lowest BCUT2D eigenvalue weighted by atomic mass is 10.1. The van der Waals surface area contributed by atoms with Crippen molar-refractivity contribution in [1.82, 2.24) is 14.9 Å². The number of carbonyl (C=O) groups is 1. The number of anilines is 1. The Bertz CT molecular complexity index is 995. The first-order valence-corrected chi connectivity index (χ1v) is 10.8. The molecule has 152 valence electrons. The summed E-state index contributed by atoms with van der Waals surface area (Å²) in [4.78, 5) is 27.7. The summed E-state index contributed by atoms with van der Waals surface area (Å²) in [7, 11) is 0. The number of hydrogen-bond donors (Lipinski definition) is 0. The summed E-state index contributed by atoms with van der Waals surface area (Å²) in [5.74, 6) is 0.644. The SMILES string of the molecule is Cc1c(C(=O)OC(C)C)sc2ncnc(N3CCN(Cc4ccccc4)CC3)c12. The molecule has 4 rings (SSSR count). The number of aryl methyl sites for hydroxylation is 1. The highest BCUT2D eigenvalue weighted by Crippen LogP contribution is 2.35. The van der Waals surface area contributed by atoms with Crippen LogP contribution in [0.2, 0.25) is 0 Å². The molecule has 1 aromatic carbocycles. The van der Waals surface area contributed by atoms with Crippen molar-refractivity contribution in [2.75, 3.05) is 31.1 Å². The zero-order valence-corrected chi connectivity index (χ0v) is 17.9. The fourth-order valence-electron chi connectivity index (χ4n) is 3.71. The van der Waals surface area contributed by atoms with Gasteiger partial charge in [0.05, 0.1) is 11.5 Å². The van der Waals surface area contributed by atoms with Crippen LogP contribution in [0.4, 0.5) is 5.82 Å². The molecule has 2 aromatic heterocycles. The highest BCUT2D eigenvalue weighted by Gasteiger charge is 2.25. The highest BCUT2D eigenvalue weighted by atomic mass is 32.1. The van der Waals surface area contributed by atoms with Gasteiger partial charge in [0.2, 0.25) is 0 Å². The first-order valence-electron chi connectivity index (χ1n) is 9.99. The molecule has 1 aliphatic heterocycles. The Morgan fingerprint density at radius 3 is 2.55 bits per heavy atom. The van der Waals surface area contributed by atoms with E-state index in [1.165, 1.54) is 16.9 Å². The molecule has 0 radical (unpaired) electrons. The number of esters is 1. The van der Waals surface area contributed by atoms with Crippen molar-refractivity contribution in [1.29, 1.82) is 0 Å². The summed E-state index contributed by atoms with van der Waals surface area (Å²) in [6, 6.07) is 10.6. The van der Waals surface area contributed by atoms with E-state index in [9.17, 15) is 4.79 Å². The van der Waals surface area contributed by atoms with Gasteiger partial charge in [0.25, 0.3) is 0 Å². The van der Waals surface area contributed by atoms with Gasteiger partial charge in [-0.3, -0.25) is 4.90 Å². The van der Waals surface area contributed by atoms with Crippen LogP contribution in [0.3, 0.4) is 0 Å². The number of nitrogens with zero attached hydrogens (tertiary/aromatic N) is 4. The second-order valence-electron chi connectivity index (χ2n) is 7.64. The van der Waals surface area contributed by atoms with Gasteiger partial charge in [0.1, 0.15) is 21.9 Å². The number of rotatable bonds is 5. The fourth-order valence-corrected chi connectivity index (χ4v) is 4.74. The second kappa shape index (κ2) is 8.47. The lowest BCUT2D eigenvalue weighted by Gasteiger charge is -2.35. The van der Waals surface area contributed by atoms with Gasteiger partial charge >= 0.3 is 5.97 Å². The van der Waals surface area contributed by atoms with Gasteiger partial charge in [-0.15, -0.1) is 11.3 Å². The molecule has 1 saturated heterocycles. The summed E-state index contributed by atoms with van der Waals surface area (Å²) in [6.45, 7) is 10.4. The molecule has 0 N–H and O–H groups in total. The maximum absolute atomic E-state index is 12.5. The highest BCUT2D eigenvalue weighted by molar-refractivity contribution is 7.20. The van der Waals surface area contributed by atoms with Gasteiger partial charge in [-0.25, -0.2) is 14.8 Å². The first-order chi connectivity index (χ1) is 14.0. The minimum absolute atomic E-state index is 0.143. The van der Waals surface area contributed by atoms with Gasteiger partial charge in [-0.1, -0.05) is 30.3 Å². The van der Waals surface area contributed by atoms with Crippen LogP contribution in [0.5, 0.6) is 0 Å². The standard InChI is InChI=1S/C22H26N4O2S/c1-15(2)28-22(27)19-16(3)18-20(23-14-24-21(18)29-19)26-11-9-25(10-12-26)13-17-7-5-4-6-8-17/h4-8,14-15H,9-13H2,1-3H3. The zero-order chi connectivity index (χ0) is 20.4. The number of benzene rings is 1. The molecule has 0 aliphatic carbocycles. The molecule has 0 bridgehead atoms. The molecule has 1 fully saturated rings. The van der Waals surface area contributed by atoms with E-state index in [0.717, 1.165) is 54.3 Å². The van der Waals surface area contributed by atoms with E-state index < -0.39 is 0 Å². The Balaban J connectivity index is 1.52. The molecule has 1 aliphatic rings. The van der Waals surface area contributed by atoms with Crippen molar-refractivity contribution in [2.45, 2.75) is 33.4 Å². The lowest BCUT2D eigenvalue weighted by molar-refractivity contribution is 0.0383. The molecular formula is C22H26N4O2S. The summed E-state index contributed by atoms with van der Waals surface area (Å²) in [5, 5.41) is 0.977. The van der Waals surface area contributed by atoms with E-state index in [-0.39, 0.29) is 12.1 Å². The Morgan fingerprint density at radius 1 is 1.14 bits per heavy atom. The molecular weight excluding hydrogens is 384 g/mol. The number of aromatic nitrogens is 2. The third kappa shape index (κ3) is 4.26. The Morgan fingerprint density at radius 2 is 1.86 bits per heavy atom. The molecule has 0 saturated carbocycles. The molecule has 0 amide bonds. The van der Waals surface area contributed by atoms with Crippen LogP contribution >= 0.6 is 11.3 Å². The molecule has 7 heteroatoms. The monoisotopic (exact) mass is 410 g/mol. The number of ether oxygens (including phenoxy) is 1. The van der Waals surface area contributed by atoms with Gasteiger partial charge < -0.3 is 9.64 Å². The largest absolute Gasteiger partial charge is 0.459 e. The maximum Gasteiger partial charge on any atom is 0.348 e. The van der Waals surface area contributed by atoms with Crippen molar-refractivity contribution >= 4 is 33.3 Å². The number of thiophene rings is 1.